The largest absolute Gasteiger partial charge is 0.497 e. The maximum absolute atomic E-state index is 12.1. The molecule has 0 saturated heterocycles. The second-order valence-corrected chi connectivity index (χ2v) is 5.81. The van der Waals surface area contributed by atoms with Gasteiger partial charge in [-0.3, -0.25) is 10.1 Å². The van der Waals surface area contributed by atoms with Gasteiger partial charge in [0.15, 0.2) is 0 Å². The summed E-state index contributed by atoms with van der Waals surface area (Å²) < 4.78 is 5.18. The normalized spacial score (nSPS) is 11.5. The molecule has 0 radical (unpaired) electrons. The highest BCUT2D eigenvalue weighted by atomic mass is 16.6. The Labute approximate surface area is 146 Å². The lowest BCUT2D eigenvalue weighted by Crippen LogP contribution is -2.37. The van der Waals surface area contributed by atoms with Gasteiger partial charge in [0.1, 0.15) is 5.75 Å². The molecule has 0 heterocycles. The van der Waals surface area contributed by atoms with Gasteiger partial charge in [-0.1, -0.05) is 18.2 Å². The van der Waals surface area contributed by atoms with Crippen molar-refractivity contribution in [3.8, 4) is 5.75 Å². The average molecular weight is 343 g/mol. The van der Waals surface area contributed by atoms with Crippen molar-refractivity contribution in [1.82, 2.24) is 5.32 Å². The second-order valence-electron chi connectivity index (χ2n) is 5.81. The quantitative estimate of drug-likeness (QED) is 0.618. The summed E-state index contributed by atoms with van der Waals surface area (Å²) in [5.41, 5.74) is 1.94. The Kier molecular flexibility index (Phi) is 5.94. The van der Waals surface area contributed by atoms with E-state index < -0.39 is 11.0 Å². The summed E-state index contributed by atoms with van der Waals surface area (Å²) in [6, 6.07) is 11.7. The van der Waals surface area contributed by atoms with E-state index in [1.165, 1.54) is 6.07 Å². The molecule has 0 bridgehead atoms. The highest BCUT2D eigenvalue weighted by molar-refractivity contribution is 5.89. The van der Waals surface area contributed by atoms with E-state index in [0.29, 0.717) is 17.7 Å². The molecule has 0 aliphatic carbocycles. The van der Waals surface area contributed by atoms with Crippen molar-refractivity contribution in [3.05, 3.63) is 63.7 Å². The summed E-state index contributed by atoms with van der Waals surface area (Å²) in [5, 5.41) is 16.4. The van der Waals surface area contributed by atoms with Crippen LogP contribution in [0.2, 0.25) is 0 Å². The fraction of sp³-hybridized carbons (Fsp3) is 0.278. The number of aryl methyl sites for hydroxylation is 1. The molecular weight excluding hydrogens is 322 g/mol. The number of benzene rings is 2. The summed E-state index contributed by atoms with van der Waals surface area (Å²) in [6.45, 7) is 3.54. The van der Waals surface area contributed by atoms with Gasteiger partial charge in [0.05, 0.1) is 12.0 Å². The molecule has 2 N–H and O–H groups in total. The van der Waals surface area contributed by atoms with Gasteiger partial charge in [-0.25, -0.2) is 4.79 Å². The number of nitro benzene ring substituents is 1. The zero-order valence-electron chi connectivity index (χ0n) is 14.4. The number of carbonyl (C=O) groups is 1. The van der Waals surface area contributed by atoms with Crippen LogP contribution in [0.3, 0.4) is 0 Å². The van der Waals surface area contributed by atoms with Crippen LogP contribution in [0.1, 0.15) is 18.1 Å². The summed E-state index contributed by atoms with van der Waals surface area (Å²) in [6.07, 6.45) is 0.638. The predicted molar refractivity (Wildman–Crippen MR) is 96.1 cm³/mol. The van der Waals surface area contributed by atoms with E-state index in [-0.39, 0.29) is 11.7 Å². The van der Waals surface area contributed by atoms with E-state index in [1.54, 1.807) is 26.2 Å². The van der Waals surface area contributed by atoms with Crippen molar-refractivity contribution in [2.45, 2.75) is 26.3 Å². The van der Waals surface area contributed by atoms with Gasteiger partial charge in [0.25, 0.3) is 5.69 Å². The third kappa shape index (κ3) is 5.20. The van der Waals surface area contributed by atoms with Crippen molar-refractivity contribution in [2.24, 2.45) is 0 Å². The van der Waals surface area contributed by atoms with Gasteiger partial charge in [-0.05, 0) is 44.0 Å². The second kappa shape index (κ2) is 8.14. The predicted octanol–water partition coefficient (Wildman–Crippen LogP) is 3.66. The topological polar surface area (TPSA) is 93.5 Å². The molecule has 0 saturated carbocycles. The van der Waals surface area contributed by atoms with Crippen molar-refractivity contribution in [2.75, 3.05) is 12.4 Å². The Morgan fingerprint density at radius 3 is 2.72 bits per heavy atom. The molecule has 132 valence electrons. The molecule has 0 fully saturated rings. The first kappa shape index (κ1) is 18.3. The van der Waals surface area contributed by atoms with Gasteiger partial charge in [0, 0.05) is 23.4 Å². The number of rotatable bonds is 6. The fourth-order valence-electron chi connectivity index (χ4n) is 2.48. The molecule has 7 nitrogen and oxygen atoms in total. The van der Waals surface area contributed by atoms with Crippen LogP contribution in [0, 0.1) is 17.0 Å². The number of methoxy groups -OCH3 is 1. The van der Waals surface area contributed by atoms with Gasteiger partial charge < -0.3 is 15.4 Å². The minimum absolute atomic E-state index is 0.0257. The summed E-state index contributed by atoms with van der Waals surface area (Å²) in [5.74, 6) is 0.765. The van der Waals surface area contributed by atoms with Crippen molar-refractivity contribution in [1.29, 1.82) is 0 Å². The number of anilines is 1. The van der Waals surface area contributed by atoms with Gasteiger partial charge >= 0.3 is 6.03 Å². The van der Waals surface area contributed by atoms with Gasteiger partial charge in [0.2, 0.25) is 0 Å². The monoisotopic (exact) mass is 343 g/mol. The molecule has 0 aliphatic heterocycles. The van der Waals surface area contributed by atoms with Crippen molar-refractivity contribution >= 4 is 17.4 Å². The molecule has 7 heteroatoms. The van der Waals surface area contributed by atoms with Crippen LogP contribution >= 0.6 is 0 Å². The molecule has 25 heavy (non-hydrogen) atoms. The Hall–Kier alpha value is -3.09. The van der Waals surface area contributed by atoms with Crippen LogP contribution in [0.25, 0.3) is 0 Å². The maximum atomic E-state index is 12.1. The van der Waals surface area contributed by atoms with Crippen LogP contribution in [0.15, 0.2) is 42.5 Å². The van der Waals surface area contributed by atoms with Crippen LogP contribution in [0.5, 0.6) is 5.75 Å². The standard InChI is InChI=1S/C18H21N3O4/c1-12-7-8-15(11-17(12)21(23)24)20-18(22)19-13(2)9-14-5-4-6-16(10-14)25-3/h4-8,10-11,13H,9H2,1-3H3,(H2,19,20,22). The third-order valence-corrected chi connectivity index (χ3v) is 3.72. The first-order chi connectivity index (χ1) is 11.9. The minimum Gasteiger partial charge on any atom is -0.497 e. The Bertz CT molecular complexity index is 777. The molecule has 0 spiro atoms. The fourth-order valence-corrected chi connectivity index (χ4v) is 2.48. The first-order valence-corrected chi connectivity index (χ1v) is 7.84. The number of amides is 2. The van der Waals surface area contributed by atoms with Gasteiger partial charge in [-0.15, -0.1) is 0 Å². The maximum Gasteiger partial charge on any atom is 0.319 e. The van der Waals surface area contributed by atoms with E-state index in [1.807, 2.05) is 31.2 Å². The number of hydrogen-bond acceptors (Lipinski definition) is 4. The first-order valence-electron chi connectivity index (χ1n) is 7.84. The molecule has 0 aliphatic rings. The number of carbonyl (C=O) groups excluding carboxylic acids is 1. The van der Waals surface area contributed by atoms with Crippen LogP contribution in [-0.2, 0) is 6.42 Å². The Balaban J connectivity index is 1.95. The van der Waals surface area contributed by atoms with Crippen LogP contribution < -0.4 is 15.4 Å². The SMILES string of the molecule is COc1cccc(CC(C)NC(=O)Nc2ccc(C)c([N+](=O)[O-])c2)c1. The number of nitro groups is 1. The Morgan fingerprint density at radius 1 is 1.28 bits per heavy atom. The number of hydrogen-bond donors (Lipinski definition) is 2. The zero-order valence-corrected chi connectivity index (χ0v) is 14.4. The minimum atomic E-state index is -0.468. The molecule has 2 amide bonds. The van der Waals surface area contributed by atoms with E-state index in [2.05, 4.69) is 10.6 Å². The lowest BCUT2D eigenvalue weighted by Gasteiger charge is -2.15. The number of urea groups is 1. The molecule has 1 atom stereocenters. The summed E-state index contributed by atoms with van der Waals surface area (Å²) in [4.78, 5) is 22.6. The number of ether oxygens (including phenoxy) is 1. The summed E-state index contributed by atoms with van der Waals surface area (Å²) in [7, 11) is 1.61. The molecule has 0 aromatic heterocycles. The van der Waals surface area contributed by atoms with E-state index >= 15 is 0 Å². The van der Waals surface area contributed by atoms with Gasteiger partial charge in [-0.2, -0.15) is 0 Å². The number of nitrogens with one attached hydrogen (secondary N) is 2. The lowest BCUT2D eigenvalue weighted by molar-refractivity contribution is -0.385. The van der Waals surface area contributed by atoms with Crippen molar-refractivity contribution in [3.63, 3.8) is 0 Å². The average Bonchev–Trinajstić information content (AvgIpc) is 2.56. The lowest BCUT2D eigenvalue weighted by atomic mass is 10.1. The zero-order chi connectivity index (χ0) is 18.4. The van der Waals surface area contributed by atoms with E-state index in [4.69, 9.17) is 4.74 Å². The molecule has 2 aromatic rings. The molecule has 2 rings (SSSR count). The third-order valence-electron chi connectivity index (χ3n) is 3.72. The Morgan fingerprint density at radius 2 is 2.04 bits per heavy atom. The van der Waals surface area contributed by atoms with Crippen LogP contribution in [0.4, 0.5) is 16.2 Å². The highest BCUT2D eigenvalue weighted by Gasteiger charge is 2.13. The smallest absolute Gasteiger partial charge is 0.319 e. The molecule has 2 aromatic carbocycles. The van der Waals surface area contributed by atoms with Crippen molar-refractivity contribution < 1.29 is 14.5 Å². The molecule has 1 unspecified atom stereocenters. The van der Waals surface area contributed by atoms with E-state index in [0.717, 1.165) is 11.3 Å². The van der Waals surface area contributed by atoms with Crippen LogP contribution in [-0.4, -0.2) is 24.1 Å². The van der Waals surface area contributed by atoms with E-state index in [9.17, 15) is 14.9 Å². The molecular formula is C18H21N3O4. The highest BCUT2D eigenvalue weighted by Crippen LogP contribution is 2.22. The summed E-state index contributed by atoms with van der Waals surface area (Å²) >= 11 is 0. The number of nitrogens with zero attached hydrogens (tertiary/aromatic N) is 1.